The van der Waals surface area contributed by atoms with Gasteiger partial charge in [-0.15, -0.1) is 12.4 Å². The molecule has 2 aromatic carbocycles. The van der Waals surface area contributed by atoms with Gasteiger partial charge in [-0.25, -0.2) is 8.42 Å². The van der Waals surface area contributed by atoms with Crippen LogP contribution in [0.25, 0.3) is 0 Å². The second-order valence-corrected chi connectivity index (χ2v) is 8.47. The molecule has 0 amide bonds. The summed E-state index contributed by atoms with van der Waals surface area (Å²) in [7, 11) is 0.0179. The Balaban J connectivity index is 0.00000280. The van der Waals surface area contributed by atoms with Gasteiger partial charge in [-0.1, -0.05) is 19.1 Å². The van der Waals surface area contributed by atoms with Gasteiger partial charge in [0, 0.05) is 31.9 Å². The van der Waals surface area contributed by atoms with Gasteiger partial charge in [-0.3, -0.25) is 4.72 Å². The summed E-state index contributed by atoms with van der Waals surface area (Å²) in [5.74, 6) is 0.687. The Morgan fingerprint density at radius 1 is 1.07 bits per heavy atom. The number of methoxy groups -OCH3 is 1. The van der Waals surface area contributed by atoms with Crippen molar-refractivity contribution >= 4 is 33.8 Å². The van der Waals surface area contributed by atoms with Crippen LogP contribution in [-0.2, 0) is 16.4 Å². The maximum absolute atomic E-state index is 12.9. The fourth-order valence-corrected chi connectivity index (χ4v) is 4.27. The molecule has 28 heavy (non-hydrogen) atoms. The highest BCUT2D eigenvalue weighted by atomic mass is 35.5. The molecule has 8 heteroatoms. The van der Waals surface area contributed by atoms with Gasteiger partial charge in [0.15, 0.2) is 0 Å². The van der Waals surface area contributed by atoms with Crippen molar-refractivity contribution in [3.05, 3.63) is 48.0 Å². The van der Waals surface area contributed by atoms with Crippen LogP contribution in [0.5, 0.6) is 5.75 Å². The first-order chi connectivity index (χ1) is 12.9. The second kappa shape index (κ2) is 9.49. The SMILES string of the molecule is CCc1cccc(NS(=O)(=O)c2ccc(OC)c(N3CCN(C)CC3)c2)c1.Cl. The molecule has 0 aromatic heterocycles. The van der Waals surface area contributed by atoms with E-state index in [4.69, 9.17) is 4.74 Å². The minimum atomic E-state index is -3.68. The lowest BCUT2D eigenvalue weighted by Gasteiger charge is -2.34. The molecule has 0 spiro atoms. The number of likely N-dealkylation sites (N-methyl/N-ethyl adjacent to an activating group) is 1. The van der Waals surface area contributed by atoms with Crippen LogP contribution in [-0.4, -0.2) is 53.7 Å². The number of piperazine rings is 1. The molecule has 1 aliphatic rings. The number of hydrogen-bond acceptors (Lipinski definition) is 5. The molecule has 6 nitrogen and oxygen atoms in total. The van der Waals surface area contributed by atoms with E-state index >= 15 is 0 Å². The van der Waals surface area contributed by atoms with Crippen molar-refractivity contribution < 1.29 is 13.2 Å². The standard InChI is InChI=1S/C20H27N3O3S.ClH/c1-4-16-6-5-7-17(14-16)21-27(24,25)18-8-9-20(26-3)19(15-18)23-12-10-22(2)11-13-23;/h5-9,14-15,21H,4,10-13H2,1-3H3;1H. The highest BCUT2D eigenvalue weighted by molar-refractivity contribution is 7.92. The Kier molecular flexibility index (Phi) is 7.57. The Labute approximate surface area is 173 Å². The maximum Gasteiger partial charge on any atom is 0.261 e. The number of rotatable bonds is 6. The van der Waals surface area contributed by atoms with Gasteiger partial charge in [0.25, 0.3) is 10.0 Å². The Morgan fingerprint density at radius 3 is 2.43 bits per heavy atom. The number of nitrogens with one attached hydrogen (secondary N) is 1. The number of hydrogen-bond donors (Lipinski definition) is 1. The highest BCUT2D eigenvalue weighted by Crippen LogP contribution is 2.32. The smallest absolute Gasteiger partial charge is 0.261 e. The zero-order chi connectivity index (χ0) is 19.4. The Morgan fingerprint density at radius 2 is 1.79 bits per heavy atom. The molecule has 0 radical (unpaired) electrons. The first-order valence-electron chi connectivity index (χ1n) is 9.16. The number of nitrogens with zero attached hydrogens (tertiary/aromatic N) is 2. The number of anilines is 2. The summed E-state index contributed by atoms with van der Waals surface area (Å²) in [4.78, 5) is 4.67. The molecule has 1 saturated heterocycles. The fourth-order valence-electron chi connectivity index (χ4n) is 3.20. The van der Waals surface area contributed by atoms with Crippen molar-refractivity contribution in [2.24, 2.45) is 0 Å². The minimum absolute atomic E-state index is 0. The van der Waals surface area contributed by atoms with Crippen molar-refractivity contribution in [1.29, 1.82) is 0 Å². The predicted molar refractivity (Wildman–Crippen MR) is 117 cm³/mol. The summed E-state index contributed by atoms with van der Waals surface area (Å²) in [6.45, 7) is 5.58. The molecule has 0 aliphatic carbocycles. The summed E-state index contributed by atoms with van der Waals surface area (Å²) in [6, 6.07) is 12.5. The van der Waals surface area contributed by atoms with E-state index in [0.29, 0.717) is 11.4 Å². The zero-order valence-corrected chi connectivity index (χ0v) is 18.1. The molecular weight excluding hydrogens is 398 g/mol. The van der Waals surface area contributed by atoms with E-state index in [-0.39, 0.29) is 17.3 Å². The monoisotopic (exact) mass is 425 g/mol. The molecule has 1 heterocycles. The topological polar surface area (TPSA) is 61.9 Å². The summed E-state index contributed by atoms with van der Waals surface area (Å²) in [5.41, 5.74) is 2.48. The molecule has 0 saturated carbocycles. The number of sulfonamides is 1. The lowest BCUT2D eigenvalue weighted by atomic mass is 10.1. The van der Waals surface area contributed by atoms with Gasteiger partial charge in [-0.05, 0) is 49.4 Å². The van der Waals surface area contributed by atoms with Crippen molar-refractivity contribution in [2.75, 3.05) is 50.0 Å². The Bertz CT molecular complexity index is 897. The number of halogens is 1. The number of benzene rings is 2. The van der Waals surface area contributed by atoms with Crippen molar-refractivity contribution in [2.45, 2.75) is 18.2 Å². The van der Waals surface area contributed by atoms with Crippen LogP contribution >= 0.6 is 12.4 Å². The lowest BCUT2D eigenvalue weighted by molar-refractivity contribution is 0.311. The predicted octanol–water partition coefficient (Wildman–Crippen LogP) is 3.23. The van der Waals surface area contributed by atoms with E-state index in [1.54, 1.807) is 31.4 Å². The molecule has 1 fully saturated rings. The molecule has 0 atom stereocenters. The van der Waals surface area contributed by atoms with E-state index in [0.717, 1.165) is 43.9 Å². The Hall–Kier alpha value is -1.96. The molecule has 0 bridgehead atoms. The number of ether oxygens (including phenoxy) is 1. The minimum Gasteiger partial charge on any atom is -0.495 e. The van der Waals surface area contributed by atoms with Crippen molar-refractivity contribution in [1.82, 2.24) is 4.90 Å². The zero-order valence-electron chi connectivity index (χ0n) is 16.5. The van der Waals surface area contributed by atoms with Crippen LogP contribution in [0.15, 0.2) is 47.4 Å². The third-order valence-corrected chi connectivity index (χ3v) is 6.27. The summed E-state index contributed by atoms with van der Waals surface area (Å²) in [6.07, 6.45) is 0.853. The van der Waals surface area contributed by atoms with Gasteiger partial charge >= 0.3 is 0 Å². The van der Waals surface area contributed by atoms with Crippen LogP contribution in [0.1, 0.15) is 12.5 Å². The molecule has 0 unspecified atom stereocenters. The number of aryl methyl sites for hydroxylation is 1. The molecule has 3 rings (SSSR count). The van der Waals surface area contributed by atoms with Gasteiger partial charge in [0.1, 0.15) is 5.75 Å². The summed E-state index contributed by atoms with van der Waals surface area (Å²) in [5, 5.41) is 0. The highest BCUT2D eigenvalue weighted by Gasteiger charge is 2.22. The van der Waals surface area contributed by atoms with Crippen LogP contribution in [0.4, 0.5) is 11.4 Å². The fraction of sp³-hybridized carbons (Fsp3) is 0.400. The van der Waals surface area contributed by atoms with E-state index in [9.17, 15) is 8.42 Å². The molecule has 1 aliphatic heterocycles. The maximum atomic E-state index is 12.9. The molecule has 1 N–H and O–H groups in total. The van der Waals surface area contributed by atoms with Crippen LogP contribution in [0, 0.1) is 0 Å². The largest absolute Gasteiger partial charge is 0.495 e. The van der Waals surface area contributed by atoms with E-state index < -0.39 is 10.0 Å². The average molecular weight is 426 g/mol. The van der Waals surface area contributed by atoms with Crippen LogP contribution in [0.2, 0.25) is 0 Å². The second-order valence-electron chi connectivity index (χ2n) is 6.78. The molecular formula is C20H28ClN3O3S. The quantitative estimate of drug-likeness (QED) is 0.769. The molecule has 154 valence electrons. The normalized spacial score (nSPS) is 15.0. The van der Waals surface area contributed by atoms with Gasteiger partial charge < -0.3 is 14.5 Å². The third-order valence-electron chi connectivity index (χ3n) is 4.89. The van der Waals surface area contributed by atoms with Crippen molar-refractivity contribution in [3.8, 4) is 5.75 Å². The van der Waals surface area contributed by atoms with E-state index in [1.165, 1.54) is 0 Å². The van der Waals surface area contributed by atoms with Crippen molar-refractivity contribution in [3.63, 3.8) is 0 Å². The first-order valence-corrected chi connectivity index (χ1v) is 10.6. The van der Waals surface area contributed by atoms with Crippen LogP contribution in [0.3, 0.4) is 0 Å². The van der Waals surface area contributed by atoms with Crippen LogP contribution < -0.4 is 14.4 Å². The van der Waals surface area contributed by atoms with E-state index in [1.807, 2.05) is 25.1 Å². The first kappa shape index (κ1) is 22.3. The summed E-state index contributed by atoms with van der Waals surface area (Å²) < 4.78 is 34.0. The molecule has 2 aromatic rings. The van der Waals surface area contributed by atoms with E-state index in [2.05, 4.69) is 21.6 Å². The third kappa shape index (κ3) is 5.10. The summed E-state index contributed by atoms with van der Waals surface area (Å²) >= 11 is 0. The average Bonchev–Trinajstić information content (AvgIpc) is 2.68. The van der Waals surface area contributed by atoms with Gasteiger partial charge in [-0.2, -0.15) is 0 Å². The lowest BCUT2D eigenvalue weighted by Crippen LogP contribution is -2.44. The van der Waals surface area contributed by atoms with Gasteiger partial charge in [0.2, 0.25) is 0 Å². The van der Waals surface area contributed by atoms with Gasteiger partial charge in [0.05, 0.1) is 17.7 Å².